The van der Waals surface area contributed by atoms with Gasteiger partial charge in [0.25, 0.3) is 0 Å². The smallest absolute Gasteiger partial charge is 0.142 e. The molecule has 0 spiro atoms. The molecule has 0 saturated carbocycles. The molecule has 5 heteroatoms. The van der Waals surface area contributed by atoms with Crippen LogP contribution in [0.1, 0.15) is 0 Å². The van der Waals surface area contributed by atoms with Crippen LogP contribution in [0.25, 0.3) is 22.0 Å². The normalized spacial score (nSPS) is 10.6. The number of hydrogen-bond donors (Lipinski definition) is 0. The number of hydrogen-bond acceptors (Lipinski definition) is 3. The van der Waals surface area contributed by atoms with Crippen molar-refractivity contribution in [3.8, 4) is 22.0 Å². The van der Waals surface area contributed by atoms with Crippen molar-refractivity contribution in [1.82, 2.24) is 9.97 Å². The van der Waals surface area contributed by atoms with Gasteiger partial charge in [0.1, 0.15) is 5.01 Å². The van der Waals surface area contributed by atoms with Gasteiger partial charge in [-0.1, -0.05) is 28.1 Å². The zero-order chi connectivity index (χ0) is 13.2. The van der Waals surface area contributed by atoms with Gasteiger partial charge in [0.15, 0.2) is 0 Å². The van der Waals surface area contributed by atoms with Crippen LogP contribution in [-0.2, 0) is 0 Å². The summed E-state index contributed by atoms with van der Waals surface area (Å²) in [5.41, 5.74) is 2.98. The lowest BCUT2D eigenvalue weighted by molar-refractivity contribution is 1.28. The average Bonchev–Trinajstić information content (AvgIpc) is 2.89. The highest BCUT2D eigenvalue weighted by molar-refractivity contribution is 9.10. The number of halogens is 2. The molecule has 2 nitrogen and oxygen atoms in total. The number of benzene rings is 1. The number of thiazole rings is 1. The van der Waals surface area contributed by atoms with Crippen LogP contribution in [0.3, 0.4) is 0 Å². The van der Waals surface area contributed by atoms with Crippen molar-refractivity contribution in [3.05, 3.63) is 56.9 Å². The van der Waals surface area contributed by atoms with Crippen LogP contribution in [0, 0.1) is 0 Å². The van der Waals surface area contributed by atoms with Crippen molar-refractivity contribution in [2.45, 2.75) is 0 Å². The van der Waals surface area contributed by atoms with E-state index in [1.807, 2.05) is 24.3 Å². The second-order valence-electron chi connectivity index (χ2n) is 3.91. The minimum absolute atomic E-state index is 0.898. The summed E-state index contributed by atoms with van der Waals surface area (Å²) in [6.07, 6.45) is 1.79. The van der Waals surface area contributed by atoms with E-state index in [9.17, 15) is 0 Å². The van der Waals surface area contributed by atoms with Crippen molar-refractivity contribution in [2.75, 3.05) is 0 Å². The molecule has 0 radical (unpaired) electrons. The minimum Gasteiger partial charge on any atom is -0.253 e. The Labute approximate surface area is 131 Å². The van der Waals surface area contributed by atoms with Crippen LogP contribution in [0.4, 0.5) is 0 Å². The second-order valence-corrected chi connectivity index (χ2v) is 6.60. The Morgan fingerprint density at radius 1 is 0.947 bits per heavy atom. The molecule has 0 atom stereocenters. The molecule has 0 aliphatic carbocycles. The van der Waals surface area contributed by atoms with Gasteiger partial charge in [0, 0.05) is 26.1 Å². The number of aromatic nitrogens is 2. The Kier molecular flexibility index (Phi) is 3.77. The van der Waals surface area contributed by atoms with E-state index >= 15 is 0 Å². The molecule has 0 N–H and O–H groups in total. The molecule has 0 unspecified atom stereocenters. The van der Waals surface area contributed by atoms with Gasteiger partial charge in [-0.3, -0.25) is 4.98 Å². The molecule has 3 rings (SSSR count). The standard InChI is InChI=1S/C14H8Br2N2S/c15-10-3-1-2-9(6-10)13-8-19-14(18-13)12-5-4-11(16)7-17-12/h1-8H. The zero-order valence-electron chi connectivity index (χ0n) is 9.68. The van der Waals surface area contributed by atoms with Gasteiger partial charge in [0.2, 0.25) is 0 Å². The third-order valence-electron chi connectivity index (χ3n) is 2.57. The summed E-state index contributed by atoms with van der Waals surface area (Å²) in [6, 6.07) is 12.1. The maximum absolute atomic E-state index is 4.64. The molecule has 0 bridgehead atoms. The van der Waals surface area contributed by atoms with E-state index < -0.39 is 0 Å². The molecule has 2 heterocycles. The van der Waals surface area contributed by atoms with Gasteiger partial charge in [-0.15, -0.1) is 11.3 Å². The van der Waals surface area contributed by atoms with E-state index in [0.29, 0.717) is 0 Å². The lowest BCUT2D eigenvalue weighted by atomic mass is 10.2. The van der Waals surface area contributed by atoms with E-state index in [4.69, 9.17) is 0 Å². The van der Waals surface area contributed by atoms with E-state index in [0.717, 1.165) is 30.9 Å². The van der Waals surface area contributed by atoms with E-state index in [2.05, 4.69) is 59.3 Å². The Morgan fingerprint density at radius 2 is 1.84 bits per heavy atom. The average molecular weight is 396 g/mol. The molecule has 19 heavy (non-hydrogen) atoms. The molecule has 0 fully saturated rings. The first kappa shape index (κ1) is 13.0. The molecule has 94 valence electrons. The predicted molar refractivity (Wildman–Crippen MR) is 86.2 cm³/mol. The Hall–Kier alpha value is -1.04. The molecule has 0 aliphatic heterocycles. The number of pyridine rings is 1. The van der Waals surface area contributed by atoms with Crippen molar-refractivity contribution in [3.63, 3.8) is 0 Å². The Balaban J connectivity index is 1.97. The van der Waals surface area contributed by atoms with Crippen LogP contribution >= 0.6 is 43.2 Å². The summed E-state index contributed by atoms with van der Waals surface area (Å²) in [5.74, 6) is 0. The second kappa shape index (κ2) is 5.53. The lowest BCUT2D eigenvalue weighted by Gasteiger charge is -1.97. The Morgan fingerprint density at radius 3 is 2.58 bits per heavy atom. The fourth-order valence-electron chi connectivity index (χ4n) is 1.67. The first-order valence-corrected chi connectivity index (χ1v) is 8.02. The maximum atomic E-state index is 4.64. The molecule has 0 amide bonds. The molecule has 0 aliphatic rings. The van der Waals surface area contributed by atoms with Gasteiger partial charge in [-0.2, -0.15) is 0 Å². The molecule has 2 aromatic heterocycles. The maximum Gasteiger partial charge on any atom is 0.142 e. The van der Waals surface area contributed by atoms with Gasteiger partial charge in [-0.05, 0) is 40.2 Å². The minimum atomic E-state index is 0.898. The topological polar surface area (TPSA) is 25.8 Å². The highest BCUT2D eigenvalue weighted by Crippen LogP contribution is 2.29. The van der Waals surface area contributed by atoms with Gasteiger partial charge in [-0.25, -0.2) is 4.98 Å². The fourth-order valence-corrected chi connectivity index (χ4v) is 3.11. The van der Waals surface area contributed by atoms with Crippen molar-refractivity contribution in [1.29, 1.82) is 0 Å². The first-order chi connectivity index (χ1) is 9.22. The van der Waals surface area contributed by atoms with Crippen LogP contribution in [-0.4, -0.2) is 9.97 Å². The molecular weight excluding hydrogens is 388 g/mol. The molecule has 0 saturated heterocycles. The summed E-state index contributed by atoms with van der Waals surface area (Å²) < 4.78 is 2.03. The van der Waals surface area contributed by atoms with Gasteiger partial charge >= 0.3 is 0 Å². The summed E-state index contributed by atoms with van der Waals surface area (Å²) in [6.45, 7) is 0. The quantitative estimate of drug-likeness (QED) is 0.580. The van der Waals surface area contributed by atoms with Crippen molar-refractivity contribution >= 4 is 43.2 Å². The number of nitrogens with zero attached hydrogens (tertiary/aromatic N) is 2. The highest BCUT2D eigenvalue weighted by Gasteiger charge is 2.07. The van der Waals surface area contributed by atoms with Crippen molar-refractivity contribution in [2.24, 2.45) is 0 Å². The van der Waals surface area contributed by atoms with E-state index in [1.54, 1.807) is 17.5 Å². The fraction of sp³-hybridized carbons (Fsp3) is 0. The van der Waals surface area contributed by atoms with Crippen molar-refractivity contribution < 1.29 is 0 Å². The molecule has 1 aromatic carbocycles. The highest BCUT2D eigenvalue weighted by atomic mass is 79.9. The largest absolute Gasteiger partial charge is 0.253 e. The lowest BCUT2D eigenvalue weighted by Crippen LogP contribution is -1.82. The third kappa shape index (κ3) is 2.94. The summed E-state index contributed by atoms with van der Waals surface area (Å²) in [5, 5.41) is 2.99. The predicted octanol–water partition coefficient (Wildman–Crippen LogP) is 5.40. The van der Waals surface area contributed by atoms with Crippen LogP contribution in [0.5, 0.6) is 0 Å². The van der Waals surface area contributed by atoms with Crippen LogP contribution in [0.15, 0.2) is 56.9 Å². The van der Waals surface area contributed by atoms with E-state index in [-0.39, 0.29) is 0 Å². The van der Waals surface area contributed by atoms with Gasteiger partial charge < -0.3 is 0 Å². The summed E-state index contributed by atoms with van der Waals surface area (Å²) in [7, 11) is 0. The summed E-state index contributed by atoms with van der Waals surface area (Å²) >= 11 is 8.47. The number of rotatable bonds is 2. The van der Waals surface area contributed by atoms with Crippen LogP contribution < -0.4 is 0 Å². The Bertz CT molecular complexity index is 707. The van der Waals surface area contributed by atoms with Gasteiger partial charge in [0.05, 0.1) is 11.4 Å². The molecule has 3 aromatic rings. The van der Waals surface area contributed by atoms with Crippen LogP contribution in [0.2, 0.25) is 0 Å². The third-order valence-corrected chi connectivity index (χ3v) is 4.40. The zero-order valence-corrected chi connectivity index (χ0v) is 13.7. The SMILES string of the molecule is Brc1ccc(-c2nc(-c3cccc(Br)c3)cs2)nc1. The first-order valence-electron chi connectivity index (χ1n) is 5.56. The molecular formula is C14H8Br2N2S. The monoisotopic (exact) mass is 394 g/mol. The summed E-state index contributed by atoms with van der Waals surface area (Å²) in [4.78, 5) is 9.01. The van der Waals surface area contributed by atoms with E-state index in [1.165, 1.54) is 0 Å².